The predicted molar refractivity (Wildman–Crippen MR) is 107 cm³/mol. The van der Waals surface area contributed by atoms with Gasteiger partial charge < -0.3 is 9.97 Å². The highest BCUT2D eigenvalue weighted by Crippen LogP contribution is 2.33. The van der Waals surface area contributed by atoms with Crippen molar-refractivity contribution >= 4 is 21.8 Å². The Morgan fingerprint density at radius 2 is 1.23 bits per heavy atom. The molecule has 0 bridgehead atoms. The molecule has 0 saturated carbocycles. The van der Waals surface area contributed by atoms with Crippen LogP contribution in [-0.4, -0.2) is 9.97 Å². The highest BCUT2D eigenvalue weighted by atomic mass is 14.9. The molecule has 0 aliphatic heterocycles. The van der Waals surface area contributed by atoms with Crippen LogP contribution in [0.3, 0.4) is 0 Å². The fourth-order valence-electron chi connectivity index (χ4n) is 3.73. The average Bonchev–Trinajstić information content (AvgIpc) is 3.32. The molecule has 2 aromatic carbocycles. The molecule has 0 spiro atoms. The lowest BCUT2D eigenvalue weighted by Gasteiger charge is -2.04. The van der Waals surface area contributed by atoms with E-state index in [9.17, 15) is 0 Å². The number of nitrogens with one attached hydrogen (secondary N) is 2. The standard InChI is InChI=1S/C23H20N3/c1-2-26-14-16(20-12-24-22-9-5-3-7-18(20)22)11-17(15-26)21-13-25-23-10-6-4-8-19(21)23/h3-15,24-25H,2H2,1H3/q+1. The topological polar surface area (TPSA) is 35.5 Å². The van der Waals surface area contributed by atoms with Crippen molar-refractivity contribution < 1.29 is 4.57 Å². The fourth-order valence-corrected chi connectivity index (χ4v) is 3.73. The summed E-state index contributed by atoms with van der Waals surface area (Å²) in [6, 6.07) is 19.2. The highest BCUT2D eigenvalue weighted by molar-refractivity contribution is 5.98. The maximum absolute atomic E-state index is 3.39. The van der Waals surface area contributed by atoms with Crippen molar-refractivity contribution in [1.82, 2.24) is 9.97 Å². The summed E-state index contributed by atoms with van der Waals surface area (Å²) in [6.07, 6.45) is 8.68. The molecule has 26 heavy (non-hydrogen) atoms. The van der Waals surface area contributed by atoms with E-state index in [0.29, 0.717) is 0 Å². The zero-order valence-electron chi connectivity index (χ0n) is 14.7. The van der Waals surface area contributed by atoms with Crippen LogP contribution in [0.2, 0.25) is 0 Å². The predicted octanol–water partition coefficient (Wildman–Crippen LogP) is 5.29. The van der Waals surface area contributed by atoms with Crippen LogP contribution in [0, 0.1) is 0 Å². The third kappa shape index (κ3) is 2.32. The molecule has 0 radical (unpaired) electrons. The van der Waals surface area contributed by atoms with E-state index in [1.807, 2.05) is 0 Å². The molecular weight excluding hydrogens is 318 g/mol. The second-order valence-corrected chi connectivity index (χ2v) is 6.64. The first-order chi connectivity index (χ1) is 12.8. The second kappa shape index (κ2) is 5.88. The number of benzene rings is 2. The molecule has 0 saturated heterocycles. The summed E-state index contributed by atoms with van der Waals surface area (Å²) in [7, 11) is 0. The Balaban J connectivity index is 1.74. The molecule has 0 amide bonds. The molecule has 3 heteroatoms. The first kappa shape index (κ1) is 15.0. The third-order valence-electron chi connectivity index (χ3n) is 5.09. The van der Waals surface area contributed by atoms with E-state index in [2.05, 4.69) is 101 Å². The summed E-state index contributed by atoms with van der Waals surface area (Å²) >= 11 is 0. The second-order valence-electron chi connectivity index (χ2n) is 6.64. The number of rotatable bonds is 3. The lowest BCUT2D eigenvalue weighted by atomic mass is 10.0. The van der Waals surface area contributed by atoms with Crippen LogP contribution in [0.15, 0.2) is 79.4 Å². The zero-order valence-corrected chi connectivity index (χ0v) is 14.7. The molecule has 0 aliphatic rings. The molecule has 0 unspecified atom stereocenters. The van der Waals surface area contributed by atoms with Gasteiger partial charge >= 0.3 is 0 Å². The van der Waals surface area contributed by atoms with Crippen molar-refractivity contribution in [2.24, 2.45) is 0 Å². The summed E-state index contributed by atoms with van der Waals surface area (Å²) in [4.78, 5) is 6.79. The maximum Gasteiger partial charge on any atom is 0.176 e. The summed E-state index contributed by atoms with van der Waals surface area (Å²) in [5.74, 6) is 0. The van der Waals surface area contributed by atoms with E-state index in [1.54, 1.807) is 0 Å². The molecule has 0 fully saturated rings. The summed E-state index contributed by atoms with van der Waals surface area (Å²) in [5, 5.41) is 2.51. The normalized spacial score (nSPS) is 11.4. The number of para-hydroxylation sites is 2. The van der Waals surface area contributed by atoms with E-state index in [1.165, 1.54) is 44.1 Å². The van der Waals surface area contributed by atoms with Gasteiger partial charge in [0.05, 0.1) is 0 Å². The van der Waals surface area contributed by atoms with Gasteiger partial charge in [-0.2, -0.15) is 0 Å². The van der Waals surface area contributed by atoms with Gasteiger partial charge in [0, 0.05) is 56.5 Å². The summed E-state index contributed by atoms with van der Waals surface area (Å²) < 4.78 is 2.26. The van der Waals surface area contributed by atoms with Gasteiger partial charge in [0.1, 0.15) is 6.54 Å². The number of hydrogen-bond acceptors (Lipinski definition) is 0. The maximum atomic E-state index is 3.39. The van der Waals surface area contributed by atoms with Crippen LogP contribution < -0.4 is 4.57 Å². The van der Waals surface area contributed by atoms with Crippen LogP contribution in [0.25, 0.3) is 44.1 Å². The summed E-state index contributed by atoms with van der Waals surface area (Å²) in [5.41, 5.74) is 7.28. The van der Waals surface area contributed by atoms with Crippen molar-refractivity contribution in [2.75, 3.05) is 0 Å². The Kier molecular flexibility index (Phi) is 3.39. The number of fused-ring (bicyclic) bond motifs is 2. The number of H-pyrrole nitrogens is 2. The van der Waals surface area contributed by atoms with E-state index < -0.39 is 0 Å². The lowest BCUT2D eigenvalue weighted by molar-refractivity contribution is -0.692. The number of pyridine rings is 1. The van der Waals surface area contributed by atoms with Crippen molar-refractivity contribution in [1.29, 1.82) is 0 Å². The largest absolute Gasteiger partial charge is 0.361 e. The van der Waals surface area contributed by atoms with Crippen molar-refractivity contribution in [3.63, 3.8) is 0 Å². The van der Waals surface area contributed by atoms with Crippen LogP contribution in [0.4, 0.5) is 0 Å². The molecule has 3 nitrogen and oxygen atoms in total. The van der Waals surface area contributed by atoms with E-state index in [4.69, 9.17) is 0 Å². The van der Waals surface area contributed by atoms with Crippen LogP contribution in [0.5, 0.6) is 0 Å². The highest BCUT2D eigenvalue weighted by Gasteiger charge is 2.15. The van der Waals surface area contributed by atoms with E-state index in [-0.39, 0.29) is 0 Å². The van der Waals surface area contributed by atoms with E-state index >= 15 is 0 Å². The Bertz CT molecular complexity index is 1130. The monoisotopic (exact) mass is 338 g/mol. The number of hydrogen-bond donors (Lipinski definition) is 2. The number of aromatic nitrogens is 3. The first-order valence-corrected chi connectivity index (χ1v) is 9.00. The van der Waals surface area contributed by atoms with Crippen molar-refractivity contribution in [2.45, 2.75) is 13.5 Å². The Hall–Kier alpha value is -3.33. The third-order valence-corrected chi connectivity index (χ3v) is 5.09. The summed E-state index contributed by atoms with van der Waals surface area (Å²) in [6.45, 7) is 3.11. The average molecular weight is 338 g/mol. The van der Waals surface area contributed by atoms with Gasteiger partial charge in [0.15, 0.2) is 12.4 Å². The van der Waals surface area contributed by atoms with Gasteiger partial charge in [-0.1, -0.05) is 36.4 Å². The van der Waals surface area contributed by atoms with Crippen LogP contribution in [0.1, 0.15) is 6.92 Å². The van der Waals surface area contributed by atoms with Gasteiger partial charge in [0.25, 0.3) is 0 Å². The molecule has 5 aromatic rings. The molecule has 5 rings (SSSR count). The Morgan fingerprint density at radius 3 is 1.73 bits per heavy atom. The molecular formula is C23H20N3+. The minimum absolute atomic E-state index is 0.936. The lowest BCUT2D eigenvalue weighted by Crippen LogP contribution is -2.31. The molecule has 126 valence electrons. The van der Waals surface area contributed by atoms with Gasteiger partial charge in [0.2, 0.25) is 0 Å². The molecule has 0 aliphatic carbocycles. The van der Waals surface area contributed by atoms with Crippen molar-refractivity contribution in [3.05, 3.63) is 79.4 Å². The van der Waals surface area contributed by atoms with Gasteiger partial charge in [-0.15, -0.1) is 0 Å². The van der Waals surface area contributed by atoms with Gasteiger partial charge in [-0.05, 0) is 25.1 Å². The van der Waals surface area contributed by atoms with Gasteiger partial charge in [-0.3, -0.25) is 0 Å². The fraction of sp³-hybridized carbons (Fsp3) is 0.0870. The number of nitrogens with zero attached hydrogens (tertiary/aromatic N) is 1. The number of aryl methyl sites for hydroxylation is 1. The van der Waals surface area contributed by atoms with E-state index in [0.717, 1.165) is 6.54 Å². The van der Waals surface area contributed by atoms with Crippen molar-refractivity contribution in [3.8, 4) is 22.3 Å². The Labute approximate surface area is 151 Å². The molecule has 2 N–H and O–H groups in total. The zero-order chi connectivity index (χ0) is 17.5. The molecule has 0 atom stereocenters. The smallest absolute Gasteiger partial charge is 0.176 e. The SMILES string of the molecule is CC[n+]1cc(-c2c[nH]c3ccccc23)cc(-c2c[nH]c3ccccc23)c1. The minimum atomic E-state index is 0.936. The van der Waals surface area contributed by atoms with Gasteiger partial charge in [-0.25, -0.2) is 4.57 Å². The molecule has 3 aromatic heterocycles. The quantitative estimate of drug-likeness (QED) is 0.419. The molecule has 3 heterocycles. The Morgan fingerprint density at radius 1 is 0.731 bits per heavy atom. The minimum Gasteiger partial charge on any atom is -0.361 e. The van der Waals surface area contributed by atoms with Crippen LogP contribution in [-0.2, 0) is 6.54 Å². The van der Waals surface area contributed by atoms with Crippen LogP contribution >= 0.6 is 0 Å². The first-order valence-electron chi connectivity index (χ1n) is 9.00. The number of aromatic amines is 2.